The summed E-state index contributed by atoms with van der Waals surface area (Å²) in [5.74, 6) is 1.02. The van der Waals surface area contributed by atoms with E-state index < -0.39 is 17.7 Å². The van der Waals surface area contributed by atoms with Crippen LogP contribution in [0.1, 0.15) is 0 Å². The monoisotopic (exact) mass is 380 g/mol. The Bertz CT molecular complexity index is 1190. The first kappa shape index (κ1) is 17.5. The number of rotatable bonds is 4. The lowest BCUT2D eigenvalue weighted by atomic mass is 10.0. The van der Waals surface area contributed by atoms with E-state index in [1.165, 1.54) is 32.4 Å². The molecule has 0 fully saturated rings. The highest BCUT2D eigenvalue weighted by molar-refractivity contribution is 8.66. The van der Waals surface area contributed by atoms with Crippen molar-refractivity contribution in [1.29, 1.82) is 0 Å². The van der Waals surface area contributed by atoms with Gasteiger partial charge in [-0.05, 0) is 18.2 Å². The van der Waals surface area contributed by atoms with E-state index in [9.17, 15) is 16.8 Å². The second-order valence-corrected chi connectivity index (χ2v) is 11.4. The average molecular weight is 380 g/mol. The van der Waals surface area contributed by atoms with Crippen molar-refractivity contribution in [2.45, 2.75) is 4.90 Å². The van der Waals surface area contributed by atoms with Gasteiger partial charge in [0.25, 0.3) is 17.7 Å². The molecule has 0 spiro atoms. The molecule has 0 aliphatic rings. The lowest BCUT2D eigenvalue weighted by Crippen LogP contribution is -2.13. The van der Waals surface area contributed by atoms with Crippen molar-refractivity contribution >= 4 is 39.3 Å². The Morgan fingerprint density at radius 3 is 1.68 bits per heavy atom. The molecule has 25 heavy (non-hydrogen) atoms. The predicted octanol–water partition coefficient (Wildman–Crippen LogP) is 2.74. The summed E-state index contributed by atoms with van der Waals surface area (Å²) in [6, 6.07) is 11.5. The van der Waals surface area contributed by atoms with E-state index in [1.807, 2.05) is 24.3 Å². The largest absolute Gasteiger partial charge is 0.495 e. The van der Waals surface area contributed by atoms with Gasteiger partial charge in [0, 0.05) is 21.5 Å². The van der Waals surface area contributed by atoms with Gasteiger partial charge in [0.2, 0.25) is 0 Å². The van der Waals surface area contributed by atoms with Gasteiger partial charge in [0.1, 0.15) is 11.5 Å². The zero-order chi connectivity index (χ0) is 18.4. The highest BCUT2D eigenvalue weighted by atomic mass is 33.2. The molecule has 3 aromatic carbocycles. The number of ether oxygens (including phenoxy) is 2. The van der Waals surface area contributed by atoms with Crippen LogP contribution < -0.4 is 9.47 Å². The Balaban J connectivity index is 2.51. The summed E-state index contributed by atoms with van der Waals surface area (Å²) >= 11 is 0. The van der Waals surface area contributed by atoms with Crippen molar-refractivity contribution in [3.63, 3.8) is 0 Å². The van der Waals surface area contributed by atoms with Crippen LogP contribution in [-0.2, 0) is 17.7 Å². The fourth-order valence-electron chi connectivity index (χ4n) is 2.85. The topological polar surface area (TPSA) is 86.7 Å². The quantitative estimate of drug-likeness (QED) is 0.511. The minimum Gasteiger partial charge on any atom is -0.495 e. The summed E-state index contributed by atoms with van der Waals surface area (Å²) in [7, 11) is -5.79. The molecule has 0 N–H and O–H groups in total. The SMILES string of the molecule is COc1c2ccccc2c(OC)c2cc(S(=O)(=O)S(C)(=O)=O)ccc12. The van der Waals surface area contributed by atoms with Crippen LogP contribution in [0.4, 0.5) is 0 Å². The third-order valence-corrected chi connectivity index (χ3v) is 8.59. The van der Waals surface area contributed by atoms with Crippen LogP contribution in [0.3, 0.4) is 0 Å². The van der Waals surface area contributed by atoms with E-state index in [1.54, 1.807) is 0 Å². The Labute approximate surface area is 145 Å². The highest BCUT2D eigenvalue weighted by Crippen LogP contribution is 2.43. The summed E-state index contributed by atoms with van der Waals surface area (Å²) in [4.78, 5) is -0.307. The maximum atomic E-state index is 12.3. The minimum atomic E-state index is -4.49. The maximum Gasteiger partial charge on any atom is 0.281 e. The Hall–Kier alpha value is -2.32. The van der Waals surface area contributed by atoms with Crippen LogP contribution in [0.25, 0.3) is 21.5 Å². The third-order valence-electron chi connectivity index (χ3n) is 3.99. The zero-order valence-electron chi connectivity index (χ0n) is 13.8. The maximum absolute atomic E-state index is 12.3. The van der Waals surface area contributed by atoms with E-state index in [-0.39, 0.29) is 4.90 Å². The Morgan fingerprint density at radius 1 is 0.720 bits per heavy atom. The van der Waals surface area contributed by atoms with E-state index in [2.05, 4.69) is 0 Å². The number of methoxy groups -OCH3 is 2. The van der Waals surface area contributed by atoms with Crippen molar-refractivity contribution in [2.24, 2.45) is 0 Å². The van der Waals surface area contributed by atoms with Crippen molar-refractivity contribution in [1.82, 2.24) is 0 Å². The smallest absolute Gasteiger partial charge is 0.281 e. The molecular formula is C17H16O6S2. The molecule has 132 valence electrons. The molecule has 0 unspecified atom stereocenters. The van der Waals surface area contributed by atoms with Gasteiger partial charge in [-0.15, -0.1) is 0 Å². The lowest BCUT2D eigenvalue weighted by Gasteiger charge is -2.15. The second-order valence-electron chi connectivity index (χ2n) is 5.48. The van der Waals surface area contributed by atoms with Crippen LogP contribution in [-0.4, -0.2) is 37.3 Å². The summed E-state index contributed by atoms with van der Waals surface area (Å²) in [6.07, 6.45) is 0.671. The van der Waals surface area contributed by atoms with Gasteiger partial charge in [-0.2, -0.15) is 0 Å². The molecular weight excluding hydrogens is 364 g/mol. The molecule has 0 aromatic heterocycles. The average Bonchev–Trinajstić information content (AvgIpc) is 2.58. The lowest BCUT2D eigenvalue weighted by molar-refractivity contribution is 0.417. The number of hydrogen-bond donors (Lipinski definition) is 0. The fraction of sp³-hybridized carbons (Fsp3) is 0.176. The van der Waals surface area contributed by atoms with Crippen LogP contribution in [0.15, 0.2) is 47.4 Å². The zero-order valence-corrected chi connectivity index (χ0v) is 15.4. The van der Waals surface area contributed by atoms with Gasteiger partial charge in [0.05, 0.1) is 25.4 Å². The van der Waals surface area contributed by atoms with Crippen LogP contribution in [0.2, 0.25) is 0 Å². The predicted molar refractivity (Wildman–Crippen MR) is 96.6 cm³/mol. The standard InChI is InChI=1S/C17H16O6S2/c1-22-16-12-6-4-5-7-13(12)17(23-2)15-10-11(8-9-14(15)16)25(20,21)24(3,18)19/h4-10H,1-3H3. The van der Waals surface area contributed by atoms with E-state index >= 15 is 0 Å². The molecule has 3 aromatic rings. The van der Waals surface area contributed by atoms with Crippen LogP contribution in [0, 0.1) is 0 Å². The van der Waals surface area contributed by atoms with Gasteiger partial charge in [-0.3, -0.25) is 0 Å². The first-order valence-corrected chi connectivity index (χ1v) is 11.1. The normalized spacial score (nSPS) is 12.4. The molecule has 0 bridgehead atoms. The fourth-order valence-corrected chi connectivity index (χ4v) is 5.05. The van der Waals surface area contributed by atoms with Crippen molar-refractivity contribution in [2.75, 3.05) is 20.5 Å². The van der Waals surface area contributed by atoms with E-state index in [4.69, 9.17) is 9.47 Å². The molecule has 3 rings (SSSR count). The molecule has 0 saturated heterocycles. The van der Waals surface area contributed by atoms with Crippen molar-refractivity contribution in [3.05, 3.63) is 42.5 Å². The summed E-state index contributed by atoms with van der Waals surface area (Å²) in [6.45, 7) is 0. The molecule has 0 amide bonds. The van der Waals surface area contributed by atoms with Gasteiger partial charge in [-0.25, -0.2) is 16.8 Å². The van der Waals surface area contributed by atoms with Crippen molar-refractivity contribution in [3.8, 4) is 11.5 Å². The molecule has 0 aliphatic heterocycles. The molecule has 8 heteroatoms. The first-order valence-electron chi connectivity index (χ1n) is 7.24. The van der Waals surface area contributed by atoms with Crippen LogP contribution in [0.5, 0.6) is 11.5 Å². The summed E-state index contributed by atoms with van der Waals surface area (Å²) in [5.41, 5.74) is 0. The molecule has 0 heterocycles. The third kappa shape index (κ3) is 2.61. The minimum absolute atomic E-state index is 0.307. The van der Waals surface area contributed by atoms with E-state index in [0.717, 1.165) is 10.8 Å². The van der Waals surface area contributed by atoms with Crippen LogP contribution >= 0.6 is 0 Å². The highest BCUT2D eigenvalue weighted by Gasteiger charge is 2.28. The first-order chi connectivity index (χ1) is 11.7. The number of fused-ring (bicyclic) bond motifs is 2. The Kier molecular flexibility index (Phi) is 4.12. The van der Waals surface area contributed by atoms with Gasteiger partial charge < -0.3 is 9.47 Å². The Morgan fingerprint density at radius 2 is 1.20 bits per heavy atom. The number of hydrogen-bond acceptors (Lipinski definition) is 6. The van der Waals surface area contributed by atoms with E-state index in [0.29, 0.717) is 28.5 Å². The summed E-state index contributed by atoms with van der Waals surface area (Å²) < 4.78 is 58.8. The van der Waals surface area contributed by atoms with Gasteiger partial charge >= 0.3 is 0 Å². The molecule has 0 atom stereocenters. The van der Waals surface area contributed by atoms with Crippen molar-refractivity contribution < 1.29 is 26.3 Å². The molecule has 0 radical (unpaired) electrons. The second kappa shape index (κ2) is 5.89. The molecule has 6 nitrogen and oxygen atoms in total. The summed E-state index contributed by atoms with van der Waals surface area (Å²) in [5, 5.41) is 2.64. The van der Waals surface area contributed by atoms with Gasteiger partial charge in [0.15, 0.2) is 0 Å². The van der Waals surface area contributed by atoms with Gasteiger partial charge in [-0.1, -0.05) is 24.3 Å². The molecule has 0 saturated carbocycles. The number of benzene rings is 3. The molecule has 0 aliphatic carbocycles.